The van der Waals surface area contributed by atoms with E-state index in [0.717, 1.165) is 66.9 Å². The second kappa shape index (κ2) is 15.8. The van der Waals surface area contributed by atoms with E-state index >= 15 is 0 Å². The molecule has 0 atom stereocenters. The summed E-state index contributed by atoms with van der Waals surface area (Å²) >= 11 is 5.38. The maximum atomic E-state index is 13.0. The molecule has 7 aromatic rings. The van der Waals surface area contributed by atoms with Crippen LogP contribution in [0, 0.1) is 25.5 Å². The van der Waals surface area contributed by atoms with Crippen LogP contribution in [0.4, 0.5) is 8.78 Å². The number of halogens is 2. The lowest BCUT2D eigenvalue weighted by atomic mass is 9.92. The number of fused-ring (bicyclic) bond motifs is 3. The van der Waals surface area contributed by atoms with Crippen molar-refractivity contribution in [2.24, 2.45) is 0 Å². The zero-order valence-electron chi connectivity index (χ0n) is 28.7. The zero-order valence-corrected chi connectivity index (χ0v) is 31.2. The molecule has 3 aromatic heterocycles. The van der Waals surface area contributed by atoms with E-state index in [4.69, 9.17) is 0 Å². The topological polar surface area (TPSA) is 27.3 Å². The Morgan fingerprint density at radius 1 is 0.540 bits per heavy atom. The fraction of sp³-hybridized carbons (Fsp3) is 0.286. The minimum absolute atomic E-state index is 0.137. The van der Waals surface area contributed by atoms with Gasteiger partial charge >= 0.3 is 0 Å². The first-order valence-electron chi connectivity index (χ1n) is 17.3. The fourth-order valence-electron chi connectivity index (χ4n) is 6.59. The Balaban J connectivity index is 0.000000106. The first-order chi connectivity index (χ1) is 24.3. The van der Waals surface area contributed by atoms with Gasteiger partial charge in [0, 0.05) is 71.1 Å². The van der Waals surface area contributed by atoms with E-state index in [0.29, 0.717) is 5.92 Å². The molecule has 0 bridgehead atoms. The third-order valence-corrected chi connectivity index (χ3v) is 12.9. The predicted molar refractivity (Wildman–Crippen MR) is 213 cm³/mol. The Kier molecular flexibility index (Phi) is 11.0. The number of likely N-dealkylation sites (N-methyl/N-ethyl adjacent to an activating group) is 1. The number of aryl methyl sites for hydroxylation is 2. The number of nitrogens with one attached hydrogen (secondary N) is 2. The molecule has 0 spiro atoms. The highest BCUT2D eigenvalue weighted by molar-refractivity contribution is 7.18. The molecule has 50 heavy (non-hydrogen) atoms. The number of rotatable bonds is 3. The Bertz CT molecular complexity index is 2100. The Hall–Kier alpha value is -3.50. The van der Waals surface area contributed by atoms with Crippen LogP contribution in [-0.2, 0) is 0 Å². The monoisotopic (exact) mass is 723 g/mol. The highest BCUT2D eigenvalue weighted by Crippen LogP contribution is 2.36. The van der Waals surface area contributed by atoms with Gasteiger partial charge in [-0.2, -0.15) is 0 Å². The van der Waals surface area contributed by atoms with Gasteiger partial charge in [0.05, 0.1) is 0 Å². The molecule has 0 aliphatic carbocycles. The molecule has 0 saturated carbocycles. The molecule has 258 valence electrons. The molecule has 10 rings (SSSR count). The molecule has 4 aromatic carbocycles. The van der Waals surface area contributed by atoms with Crippen molar-refractivity contribution in [3.63, 3.8) is 0 Å². The molecule has 8 heteroatoms. The second-order valence-corrected chi connectivity index (χ2v) is 16.3. The predicted octanol–water partition coefficient (Wildman–Crippen LogP) is 10.7. The quantitative estimate of drug-likeness (QED) is 0.190. The van der Waals surface area contributed by atoms with Crippen LogP contribution in [0.1, 0.15) is 45.6 Å². The van der Waals surface area contributed by atoms with Crippen LogP contribution in [0.25, 0.3) is 30.3 Å². The number of hydrogen-bond acceptors (Lipinski definition) is 6. The van der Waals surface area contributed by atoms with Crippen molar-refractivity contribution in [3.8, 4) is 0 Å². The summed E-state index contributed by atoms with van der Waals surface area (Å²) in [6, 6.07) is 27.3. The van der Waals surface area contributed by atoms with Gasteiger partial charge in [0.1, 0.15) is 11.6 Å². The van der Waals surface area contributed by atoms with Crippen molar-refractivity contribution < 1.29 is 8.78 Å². The Labute approximate surface area is 305 Å². The molecule has 3 aliphatic heterocycles. The fourth-order valence-corrected chi connectivity index (χ4v) is 9.74. The van der Waals surface area contributed by atoms with Gasteiger partial charge in [0.2, 0.25) is 0 Å². The minimum atomic E-state index is -0.155. The van der Waals surface area contributed by atoms with Crippen molar-refractivity contribution >= 4 is 64.3 Å². The van der Waals surface area contributed by atoms with Crippen molar-refractivity contribution in [1.29, 1.82) is 0 Å². The van der Waals surface area contributed by atoms with E-state index < -0.39 is 0 Å². The van der Waals surface area contributed by atoms with Crippen LogP contribution in [0.5, 0.6) is 0 Å². The van der Waals surface area contributed by atoms with Gasteiger partial charge in [-0.25, -0.2) is 8.78 Å². The van der Waals surface area contributed by atoms with Crippen LogP contribution in [-0.4, -0.2) is 51.2 Å². The molecule has 6 heterocycles. The lowest BCUT2D eigenvalue weighted by Crippen LogP contribution is -2.41. The lowest BCUT2D eigenvalue weighted by Gasteiger charge is -2.36. The number of thiophene rings is 3. The molecule has 0 amide bonds. The molecule has 0 radical (unpaired) electrons. The molecular weight excluding hydrogens is 681 g/mol. The largest absolute Gasteiger partial charge is 0.315 e. The summed E-state index contributed by atoms with van der Waals surface area (Å²) in [5.74, 6) is 1.88. The first-order valence-corrected chi connectivity index (χ1v) is 19.9. The van der Waals surface area contributed by atoms with Crippen molar-refractivity contribution in [2.45, 2.75) is 31.6 Å². The third kappa shape index (κ3) is 7.86. The van der Waals surface area contributed by atoms with E-state index in [9.17, 15) is 8.78 Å². The maximum Gasteiger partial charge on any atom is 0.124 e. The van der Waals surface area contributed by atoms with Crippen LogP contribution in [0.15, 0.2) is 101 Å². The Morgan fingerprint density at radius 3 is 1.48 bits per heavy atom. The van der Waals surface area contributed by atoms with Gasteiger partial charge in [0.15, 0.2) is 0 Å². The average molecular weight is 724 g/mol. The van der Waals surface area contributed by atoms with E-state index in [1.807, 2.05) is 42.6 Å². The summed E-state index contributed by atoms with van der Waals surface area (Å²) < 4.78 is 29.3. The highest BCUT2D eigenvalue weighted by Gasteiger charge is 2.27. The summed E-state index contributed by atoms with van der Waals surface area (Å²) in [6.45, 7) is 10.7. The summed E-state index contributed by atoms with van der Waals surface area (Å²) in [5, 5.41) is 17.6. The molecule has 3 saturated heterocycles. The van der Waals surface area contributed by atoms with Gasteiger partial charge in [-0.05, 0) is 117 Å². The second-order valence-electron chi connectivity index (χ2n) is 13.6. The first kappa shape index (κ1) is 34.9. The number of likely N-dealkylation sites (tertiary alicyclic amines) is 1. The van der Waals surface area contributed by atoms with Gasteiger partial charge in [0.25, 0.3) is 0 Å². The third-order valence-electron chi connectivity index (χ3n) is 10.0. The van der Waals surface area contributed by atoms with Gasteiger partial charge in [-0.3, -0.25) is 0 Å². The Morgan fingerprint density at radius 2 is 1.00 bits per heavy atom. The van der Waals surface area contributed by atoms with Crippen molar-refractivity contribution in [1.82, 2.24) is 15.5 Å². The van der Waals surface area contributed by atoms with Gasteiger partial charge in [-0.15, -0.1) is 34.0 Å². The molecule has 0 unspecified atom stereocenters. The summed E-state index contributed by atoms with van der Waals surface area (Å²) in [7, 11) is 2.13. The smallest absolute Gasteiger partial charge is 0.124 e. The average Bonchev–Trinajstić information content (AvgIpc) is 3.79. The molecule has 2 N–H and O–H groups in total. The standard InChI is InChI=1S/C12H12FNS.2C11H11NS.C8H9F/c1-14-5-8(6-14)11-7-15-12-4-9(13)2-3-10(11)12;2*1-2-4-11-9(3-1)10(7-13-11)8-5-12-6-8;1-6-3-4-8(9)5-7(6)2/h2-4,7-8H,5-6H2,1H3;2*1-4,7-8,12H,5-6H2;3-5H,1-2H3. The highest BCUT2D eigenvalue weighted by atomic mass is 32.1. The van der Waals surface area contributed by atoms with E-state index in [-0.39, 0.29) is 11.6 Å². The minimum Gasteiger partial charge on any atom is -0.315 e. The molecule has 3 nitrogen and oxygen atoms in total. The van der Waals surface area contributed by atoms with E-state index in [1.54, 1.807) is 40.7 Å². The summed E-state index contributed by atoms with van der Waals surface area (Å²) in [5.41, 5.74) is 6.62. The molecule has 3 aliphatic rings. The van der Waals surface area contributed by atoms with Crippen LogP contribution >= 0.6 is 34.0 Å². The summed E-state index contributed by atoms with van der Waals surface area (Å²) in [4.78, 5) is 2.30. The lowest BCUT2D eigenvalue weighted by molar-refractivity contribution is 0.191. The SMILES string of the molecule is CN1CC(c2csc3cc(F)ccc23)C1.Cc1ccc(F)cc1C.c1ccc2c(C3CNC3)csc2c1.c1ccc2c(C3CNC3)csc2c1. The van der Waals surface area contributed by atoms with Crippen LogP contribution < -0.4 is 10.6 Å². The number of hydrogen-bond donors (Lipinski definition) is 2. The summed E-state index contributed by atoms with van der Waals surface area (Å²) in [6.07, 6.45) is 0. The molecule has 3 fully saturated rings. The number of nitrogens with zero attached hydrogens (tertiary/aromatic N) is 1. The number of benzene rings is 4. The normalized spacial score (nSPS) is 16.3. The van der Waals surface area contributed by atoms with Gasteiger partial charge in [-0.1, -0.05) is 48.5 Å². The van der Waals surface area contributed by atoms with Crippen molar-refractivity contribution in [3.05, 3.63) is 141 Å². The maximum absolute atomic E-state index is 13.0. The molecular formula is C42H43F2N3S3. The van der Waals surface area contributed by atoms with Crippen molar-refractivity contribution in [2.75, 3.05) is 46.3 Å². The van der Waals surface area contributed by atoms with E-state index in [1.165, 1.54) is 43.3 Å². The van der Waals surface area contributed by atoms with E-state index in [2.05, 4.69) is 87.3 Å². The van der Waals surface area contributed by atoms with Crippen LogP contribution in [0.3, 0.4) is 0 Å². The zero-order chi connectivity index (χ0) is 34.6. The van der Waals surface area contributed by atoms with Gasteiger partial charge < -0.3 is 15.5 Å². The van der Waals surface area contributed by atoms with Crippen LogP contribution in [0.2, 0.25) is 0 Å².